The van der Waals surface area contributed by atoms with Crippen molar-refractivity contribution in [2.75, 3.05) is 19.8 Å². The number of nitrogens with zero attached hydrogens (tertiary/aromatic N) is 1. The Morgan fingerprint density at radius 2 is 2.00 bits per heavy atom. The van der Waals surface area contributed by atoms with Crippen LogP contribution in [-0.4, -0.2) is 53.6 Å². The van der Waals surface area contributed by atoms with Crippen molar-refractivity contribution in [3.8, 4) is 11.5 Å². The van der Waals surface area contributed by atoms with Crippen molar-refractivity contribution in [3.63, 3.8) is 0 Å². The van der Waals surface area contributed by atoms with Crippen LogP contribution in [0.3, 0.4) is 0 Å². The van der Waals surface area contributed by atoms with Crippen LogP contribution in [0.25, 0.3) is 0 Å². The van der Waals surface area contributed by atoms with Crippen molar-refractivity contribution < 1.29 is 29.0 Å². The fourth-order valence-electron chi connectivity index (χ4n) is 3.05. The normalized spacial score (nSPS) is 16.8. The van der Waals surface area contributed by atoms with Gasteiger partial charge in [0, 0.05) is 24.6 Å². The van der Waals surface area contributed by atoms with Crippen LogP contribution in [0, 0.1) is 0 Å². The van der Waals surface area contributed by atoms with Gasteiger partial charge < -0.3 is 25.2 Å². The molecule has 142 valence electrons. The number of carbonyl (C=O) groups is 3. The minimum atomic E-state index is -1.10. The van der Waals surface area contributed by atoms with E-state index < -0.39 is 18.5 Å². The molecule has 0 bridgehead atoms. The first-order valence-electron chi connectivity index (χ1n) is 8.63. The van der Waals surface area contributed by atoms with Crippen LogP contribution in [0.15, 0.2) is 18.2 Å². The molecule has 1 saturated heterocycles. The number of nitrogens with two attached hydrogens (primary N) is 1. The number of likely N-dealkylation sites (tertiary alicyclic amines) is 1. The van der Waals surface area contributed by atoms with Crippen molar-refractivity contribution >= 4 is 17.8 Å². The van der Waals surface area contributed by atoms with E-state index in [4.69, 9.17) is 20.3 Å². The third-order valence-electron chi connectivity index (χ3n) is 4.17. The second-order valence-electron chi connectivity index (χ2n) is 6.10. The highest BCUT2D eigenvalue weighted by Gasteiger charge is 2.29. The van der Waals surface area contributed by atoms with E-state index in [1.807, 2.05) is 0 Å². The highest BCUT2D eigenvalue weighted by Crippen LogP contribution is 2.30. The molecule has 0 aromatic heterocycles. The van der Waals surface area contributed by atoms with E-state index in [0.717, 1.165) is 19.3 Å². The van der Waals surface area contributed by atoms with Crippen LogP contribution in [0.1, 0.15) is 43.0 Å². The average Bonchev–Trinajstić information content (AvgIpc) is 2.60. The highest BCUT2D eigenvalue weighted by atomic mass is 16.5. The molecule has 3 N–H and O–H groups in total. The molecular weight excluding hydrogens is 340 g/mol. The largest absolute Gasteiger partial charge is 0.490 e. The monoisotopic (exact) mass is 364 g/mol. The molecule has 8 nitrogen and oxygen atoms in total. The molecule has 0 aliphatic carbocycles. The molecule has 0 radical (unpaired) electrons. The molecule has 2 rings (SSSR count). The number of hydrogen-bond acceptors (Lipinski definition) is 5. The lowest BCUT2D eigenvalue weighted by molar-refractivity contribution is -0.139. The number of carbonyl (C=O) groups excluding carboxylic acids is 2. The number of aliphatic carboxylic acids is 1. The van der Waals surface area contributed by atoms with Gasteiger partial charge in [0.1, 0.15) is 0 Å². The van der Waals surface area contributed by atoms with Crippen molar-refractivity contribution in [3.05, 3.63) is 23.8 Å². The number of amides is 2. The van der Waals surface area contributed by atoms with E-state index in [1.165, 1.54) is 6.07 Å². The molecule has 2 amide bonds. The van der Waals surface area contributed by atoms with Crippen LogP contribution in [0.5, 0.6) is 11.5 Å². The first-order chi connectivity index (χ1) is 12.4. The van der Waals surface area contributed by atoms with Crippen molar-refractivity contribution in [2.24, 2.45) is 5.73 Å². The Labute approximate surface area is 151 Å². The minimum absolute atomic E-state index is 0.143. The molecule has 0 unspecified atom stereocenters. The Morgan fingerprint density at radius 3 is 2.65 bits per heavy atom. The van der Waals surface area contributed by atoms with E-state index in [1.54, 1.807) is 24.0 Å². The van der Waals surface area contributed by atoms with Gasteiger partial charge in [-0.15, -0.1) is 0 Å². The smallest absolute Gasteiger partial charge is 0.341 e. The first-order valence-corrected chi connectivity index (χ1v) is 8.63. The number of benzene rings is 1. The first kappa shape index (κ1) is 19.6. The third kappa shape index (κ3) is 5.11. The molecule has 1 atom stereocenters. The number of ether oxygens (including phenoxy) is 2. The summed E-state index contributed by atoms with van der Waals surface area (Å²) >= 11 is 0. The number of rotatable bonds is 8. The van der Waals surface area contributed by atoms with Crippen LogP contribution >= 0.6 is 0 Å². The van der Waals surface area contributed by atoms with Gasteiger partial charge in [-0.2, -0.15) is 0 Å². The highest BCUT2D eigenvalue weighted by molar-refractivity contribution is 5.95. The van der Waals surface area contributed by atoms with Crippen LogP contribution < -0.4 is 15.2 Å². The van der Waals surface area contributed by atoms with Gasteiger partial charge in [0.05, 0.1) is 6.61 Å². The SMILES string of the molecule is CCOc1cc(C(=O)N2CCCC[C@H]2CC(N)=O)ccc1OCC(=O)O. The van der Waals surface area contributed by atoms with Crippen LogP contribution in [-0.2, 0) is 9.59 Å². The minimum Gasteiger partial charge on any atom is -0.490 e. The van der Waals surface area contributed by atoms with Crippen LogP contribution in [0.2, 0.25) is 0 Å². The predicted octanol–water partition coefficient (Wildman–Crippen LogP) is 1.42. The number of hydrogen-bond donors (Lipinski definition) is 2. The van der Waals surface area contributed by atoms with Crippen molar-refractivity contribution in [1.82, 2.24) is 4.90 Å². The van der Waals surface area contributed by atoms with Crippen LogP contribution in [0.4, 0.5) is 0 Å². The van der Waals surface area contributed by atoms with Gasteiger partial charge in [0.25, 0.3) is 5.91 Å². The summed E-state index contributed by atoms with van der Waals surface area (Å²) in [6.07, 6.45) is 2.71. The van der Waals surface area contributed by atoms with E-state index in [0.29, 0.717) is 24.5 Å². The maximum atomic E-state index is 12.9. The maximum Gasteiger partial charge on any atom is 0.341 e. The number of carboxylic acid groups (broad SMARTS) is 1. The Balaban J connectivity index is 2.22. The topological polar surface area (TPSA) is 119 Å². The number of carboxylic acids is 1. The van der Waals surface area contributed by atoms with Crippen molar-refractivity contribution in [2.45, 2.75) is 38.6 Å². The summed E-state index contributed by atoms with van der Waals surface area (Å²) in [5.41, 5.74) is 5.70. The molecule has 1 aliphatic heterocycles. The molecule has 8 heteroatoms. The molecule has 1 aromatic rings. The Bertz CT molecular complexity index is 676. The zero-order valence-corrected chi connectivity index (χ0v) is 14.8. The zero-order chi connectivity index (χ0) is 19.1. The third-order valence-corrected chi connectivity index (χ3v) is 4.17. The Kier molecular flexibility index (Phi) is 6.82. The molecular formula is C18H24N2O6. The number of primary amides is 1. The second kappa shape index (κ2) is 9.07. The quantitative estimate of drug-likeness (QED) is 0.720. The molecule has 1 heterocycles. The standard InChI is InChI=1S/C18H24N2O6/c1-2-25-15-9-12(6-7-14(15)26-11-17(22)23)18(24)20-8-4-3-5-13(20)10-16(19)21/h6-7,9,13H,2-5,8,10-11H2,1H3,(H2,19,21)(H,22,23)/t13-/m0/s1. The van der Waals surface area contributed by atoms with E-state index >= 15 is 0 Å². The second-order valence-corrected chi connectivity index (χ2v) is 6.10. The van der Waals surface area contributed by atoms with Gasteiger partial charge in [-0.1, -0.05) is 0 Å². The van der Waals surface area contributed by atoms with Gasteiger partial charge >= 0.3 is 5.97 Å². The summed E-state index contributed by atoms with van der Waals surface area (Å²) in [4.78, 5) is 36.6. The molecule has 26 heavy (non-hydrogen) atoms. The summed E-state index contributed by atoms with van der Waals surface area (Å²) in [5.74, 6) is -1.17. The summed E-state index contributed by atoms with van der Waals surface area (Å²) in [6.45, 7) is 2.19. The molecule has 1 aromatic carbocycles. The number of piperidine rings is 1. The van der Waals surface area contributed by atoms with Gasteiger partial charge in [0.2, 0.25) is 5.91 Å². The maximum absolute atomic E-state index is 12.9. The summed E-state index contributed by atoms with van der Waals surface area (Å²) < 4.78 is 10.7. The Hall–Kier alpha value is -2.77. The van der Waals surface area contributed by atoms with E-state index in [-0.39, 0.29) is 24.1 Å². The van der Waals surface area contributed by atoms with Gasteiger partial charge in [-0.3, -0.25) is 9.59 Å². The van der Waals surface area contributed by atoms with Crippen molar-refractivity contribution in [1.29, 1.82) is 0 Å². The molecule has 1 aliphatic rings. The molecule has 0 saturated carbocycles. The van der Waals surface area contributed by atoms with Gasteiger partial charge in [-0.25, -0.2) is 4.79 Å². The van der Waals surface area contributed by atoms with Gasteiger partial charge in [0.15, 0.2) is 18.1 Å². The lowest BCUT2D eigenvalue weighted by atomic mass is 9.98. The Morgan fingerprint density at radius 1 is 1.23 bits per heavy atom. The van der Waals surface area contributed by atoms with E-state index in [9.17, 15) is 14.4 Å². The summed E-state index contributed by atoms with van der Waals surface area (Å²) in [5, 5.41) is 8.75. The average molecular weight is 364 g/mol. The molecule has 1 fully saturated rings. The summed E-state index contributed by atoms with van der Waals surface area (Å²) in [7, 11) is 0. The zero-order valence-electron chi connectivity index (χ0n) is 14.8. The lowest BCUT2D eigenvalue weighted by Gasteiger charge is -2.35. The summed E-state index contributed by atoms with van der Waals surface area (Å²) in [6, 6.07) is 4.43. The fourth-order valence-corrected chi connectivity index (χ4v) is 3.05. The van der Waals surface area contributed by atoms with E-state index in [2.05, 4.69) is 0 Å². The lowest BCUT2D eigenvalue weighted by Crippen LogP contribution is -2.45. The fraction of sp³-hybridized carbons (Fsp3) is 0.500. The molecule has 0 spiro atoms. The van der Waals surface area contributed by atoms with Gasteiger partial charge in [-0.05, 0) is 44.4 Å². The predicted molar refractivity (Wildman–Crippen MR) is 93.2 cm³/mol.